The summed E-state index contributed by atoms with van der Waals surface area (Å²) in [5, 5.41) is 0.232. The summed E-state index contributed by atoms with van der Waals surface area (Å²) >= 11 is 2.47. The Labute approximate surface area is 185 Å². The Balaban J connectivity index is 3.15. The van der Waals surface area contributed by atoms with Crippen LogP contribution in [0.2, 0.25) is 34.8 Å². The maximum atomic E-state index is 7.03. The van der Waals surface area contributed by atoms with E-state index in [0.29, 0.717) is 16.6 Å². The molecule has 5 heteroatoms. The lowest BCUT2D eigenvalue weighted by Crippen LogP contribution is -2.48. The second-order valence-electron chi connectivity index (χ2n) is 10.7. The van der Waals surface area contributed by atoms with Crippen LogP contribution in [0, 0.1) is 0 Å². The number of hydrogen-bond donors (Lipinski definition) is 0. The van der Waals surface area contributed by atoms with Crippen molar-refractivity contribution in [2.24, 2.45) is 0 Å². The molecule has 2 nitrogen and oxygen atoms in total. The van der Waals surface area contributed by atoms with E-state index in [1.807, 2.05) is 0 Å². The third-order valence-electron chi connectivity index (χ3n) is 6.68. The monoisotopic (exact) mass is 522 g/mol. The Morgan fingerprint density at radius 2 is 1.44 bits per heavy atom. The molecule has 0 unspecified atom stereocenters. The lowest BCUT2D eigenvalue weighted by Gasteiger charge is -2.44. The van der Waals surface area contributed by atoms with E-state index in [-0.39, 0.29) is 11.1 Å². The van der Waals surface area contributed by atoms with Crippen molar-refractivity contribution in [3.05, 3.63) is 21.0 Å². The Kier molecular flexibility index (Phi) is 8.52. The van der Waals surface area contributed by atoms with E-state index in [0.717, 1.165) is 12.2 Å². The van der Waals surface area contributed by atoms with E-state index in [1.165, 1.54) is 9.15 Å². The van der Waals surface area contributed by atoms with Crippen LogP contribution in [0.5, 0.6) is 0 Å². The zero-order valence-corrected chi connectivity index (χ0v) is 23.9. The fourth-order valence-electron chi connectivity index (χ4n) is 4.19. The molecule has 1 aliphatic rings. The van der Waals surface area contributed by atoms with Crippen LogP contribution in [0.3, 0.4) is 0 Å². The molecule has 0 saturated carbocycles. The van der Waals surface area contributed by atoms with Gasteiger partial charge in [0.05, 0.1) is 9.68 Å². The van der Waals surface area contributed by atoms with Crippen molar-refractivity contribution in [3.63, 3.8) is 0 Å². The number of allylic oxidation sites excluding steroid dienone is 1. The normalized spacial score (nSPS) is 20.0. The predicted octanol–water partition coefficient (Wildman–Crippen LogP) is 8.57. The summed E-state index contributed by atoms with van der Waals surface area (Å²) in [5.74, 6) is 1.15. The van der Waals surface area contributed by atoms with E-state index in [4.69, 9.17) is 8.85 Å². The molecule has 0 aromatic heterocycles. The fourth-order valence-corrected chi connectivity index (χ4v) is 12.0. The van der Waals surface area contributed by atoms with Crippen LogP contribution in [0.1, 0.15) is 75.7 Å². The van der Waals surface area contributed by atoms with Crippen LogP contribution >= 0.6 is 22.6 Å². The van der Waals surface area contributed by atoms with Crippen molar-refractivity contribution in [3.8, 4) is 0 Å². The topological polar surface area (TPSA) is 18.5 Å². The van der Waals surface area contributed by atoms with Gasteiger partial charge in [-0.2, -0.15) is 0 Å². The number of halogens is 1. The summed E-state index contributed by atoms with van der Waals surface area (Å²) in [7, 11) is -3.71. The lowest BCUT2D eigenvalue weighted by molar-refractivity contribution is 0.218. The first-order valence-corrected chi connectivity index (χ1v) is 16.6. The van der Waals surface area contributed by atoms with E-state index in [9.17, 15) is 0 Å². The first kappa shape index (κ1) is 25.4. The molecule has 0 aromatic rings. The summed E-state index contributed by atoms with van der Waals surface area (Å²) in [5.41, 5.74) is 3.11. The first-order chi connectivity index (χ1) is 12.1. The Bertz CT molecular complexity index is 562. The molecule has 0 heterocycles. The highest BCUT2D eigenvalue weighted by atomic mass is 127. The van der Waals surface area contributed by atoms with Gasteiger partial charge in [0.1, 0.15) is 5.76 Å². The van der Waals surface area contributed by atoms with Gasteiger partial charge >= 0.3 is 0 Å². The van der Waals surface area contributed by atoms with E-state index < -0.39 is 16.6 Å². The molecule has 158 valence electrons. The van der Waals surface area contributed by atoms with Gasteiger partial charge in [0.15, 0.2) is 8.32 Å². The molecule has 0 aromatic carbocycles. The molecule has 0 aliphatic heterocycles. The van der Waals surface area contributed by atoms with Gasteiger partial charge in [0.25, 0.3) is 8.32 Å². The molecule has 0 spiro atoms. The predicted molar refractivity (Wildman–Crippen MR) is 134 cm³/mol. The maximum absolute atomic E-state index is 7.03. The van der Waals surface area contributed by atoms with Crippen LogP contribution < -0.4 is 0 Å². The smallest absolute Gasteiger partial charge is 0.258 e. The number of rotatable bonds is 7. The second kappa shape index (κ2) is 9.04. The van der Waals surface area contributed by atoms with Gasteiger partial charge in [-0.25, -0.2) is 0 Å². The summed E-state index contributed by atoms with van der Waals surface area (Å²) in [6.07, 6.45) is 3.44. The van der Waals surface area contributed by atoms with Gasteiger partial charge < -0.3 is 8.85 Å². The van der Waals surface area contributed by atoms with Gasteiger partial charge in [-0.1, -0.05) is 62.3 Å². The second-order valence-corrected chi connectivity index (χ2v) is 22.0. The minimum absolute atomic E-state index is 0.179. The number of hydrogen-bond acceptors (Lipinski definition) is 2. The van der Waals surface area contributed by atoms with Crippen LogP contribution in [-0.4, -0.2) is 22.7 Å². The van der Waals surface area contributed by atoms with Crippen molar-refractivity contribution in [1.29, 1.82) is 0 Å². The average Bonchev–Trinajstić information content (AvgIpc) is 2.43. The SMILES string of the molecule is CC1=C(O[Si](C(C)C)(C(C)C)C(C)C)C(I)=C[C@H](O[Si](C)(C)C(C)(C)C)C1. The third-order valence-corrected chi connectivity index (χ3v) is 18.0. The van der Waals surface area contributed by atoms with Gasteiger partial charge in [0.2, 0.25) is 0 Å². The molecule has 0 amide bonds. The van der Waals surface area contributed by atoms with Crippen LogP contribution in [0.4, 0.5) is 0 Å². The van der Waals surface area contributed by atoms with Crippen molar-refractivity contribution >= 4 is 39.2 Å². The molecule has 27 heavy (non-hydrogen) atoms. The summed E-state index contributed by atoms with van der Waals surface area (Å²) in [4.78, 5) is 0. The van der Waals surface area contributed by atoms with E-state index in [2.05, 4.69) is 111 Å². The Morgan fingerprint density at radius 1 is 1.00 bits per heavy atom. The molecule has 0 N–H and O–H groups in total. The minimum atomic E-state index is -1.93. The molecule has 0 radical (unpaired) electrons. The maximum Gasteiger partial charge on any atom is 0.258 e. The van der Waals surface area contributed by atoms with Crippen LogP contribution in [0.15, 0.2) is 21.0 Å². The summed E-state index contributed by atoms with van der Waals surface area (Å²) < 4.78 is 15.0. The Morgan fingerprint density at radius 3 is 1.78 bits per heavy atom. The van der Waals surface area contributed by atoms with Gasteiger partial charge in [-0.05, 0) is 75.9 Å². The van der Waals surface area contributed by atoms with Crippen molar-refractivity contribution in [2.75, 3.05) is 0 Å². The molecule has 1 rings (SSSR count). The van der Waals surface area contributed by atoms with Gasteiger partial charge in [-0.3, -0.25) is 0 Å². The lowest BCUT2D eigenvalue weighted by atomic mass is 10.0. The standard InChI is InChI=1S/C22H43IO2Si2/c1-15(2)27(16(3)4,17(5)6)25-21-18(7)13-19(14-20(21)23)24-26(11,12)22(8,9)10/h14-17,19H,13H2,1-12H3/t19-/m1/s1. The molecule has 0 bridgehead atoms. The fraction of sp³-hybridized carbons (Fsp3) is 0.818. The highest BCUT2D eigenvalue weighted by Crippen LogP contribution is 2.47. The molecule has 0 fully saturated rings. The first-order valence-electron chi connectivity index (χ1n) is 10.5. The zero-order valence-electron chi connectivity index (χ0n) is 19.8. The average molecular weight is 523 g/mol. The van der Waals surface area contributed by atoms with Gasteiger partial charge in [-0.15, -0.1) is 0 Å². The molecule has 1 atom stereocenters. The largest absolute Gasteiger partial charge is 0.542 e. The minimum Gasteiger partial charge on any atom is -0.542 e. The molecular weight excluding hydrogens is 479 g/mol. The van der Waals surface area contributed by atoms with E-state index in [1.54, 1.807) is 0 Å². The van der Waals surface area contributed by atoms with Crippen LogP contribution in [0.25, 0.3) is 0 Å². The third kappa shape index (κ3) is 5.51. The summed E-state index contributed by atoms with van der Waals surface area (Å²) in [6, 6.07) is 0. The van der Waals surface area contributed by atoms with Crippen LogP contribution in [-0.2, 0) is 8.85 Å². The highest BCUT2D eigenvalue weighted by Gasteiger charge is 2.48. The molecule has 1 aliphatic carbocycles. The quantitative estimate of drug-likeness (QED) is 0.246. The molecular formula is C22H43IO2Si2. The van der Waals surface area contributed by atoms with E-state index >= 15 is 0 Å². The Hall–Kier alpha value is 0.404. The zero-order chi connectivity index (χ0) is 21.4. The van der Waals surface area contributed by atoms with Crippen molar-refractivity contribution in [1.82, 2.24) is 0 Å². The van der Waals surface area contributed by atoms with Gasteiger partial charge in [0, 0.05) is 6.42 Å². The molecule has 0 saturated heterocycles. The van der Waals surface area contributed by atoms with Crippen molar-refractivity contribution in [2.45, 2.75) is 117 Å². The van der Waals surface area contributed by atoms with Crippen molar-refractivity contribution < 1.29 is 8.85 Å². The highest BCUT2D eigenvalue weighted by molar-refractivity contribution is 14.1. The summed E-state index contributed by atoms with van der Waals surface area (Å²) in [6.45, 7) is 28.0.